The molecule has 0 aromatic heterocycles. The molecule has 0 spiro atoms. The van der Waals surface area contributed by atoms with Crippen molar-refractivity contribution in [1.29, 1.82) is 0 Å². The second-order valence-electron chi connectivity index (χ2n) is 4.30. The van der Waals surface area contributed by atoms with Gasteiger partial charge in [-0.3, -0.25) is 4.79 Å². The van der Waals surface area contributed by atoms with Crippen molar-refractivity contribution in [2.24, 2.45) is 0 Å². The minimum Gasteiger partial charge on any atom is -0.318 e. The highest BCUT2D eigenvalue weighted by Crippen LogP contribution is 2.41. The summed E-state index contributed by atoms with van der Waals surface area (Å²) < 4.78 is 36.4. The quantitative estimate of drug-likeness (QED) is 0.847. The van der Waals surface area contributed by atoms with Gasteiger partial charge in [0.1, 0.15) is 0 Å². The molecular weight excluding hydrogens is 231 g/mol. The molecule has 92 valence electrons. The Labute approximate surface area is 96.8 Å². The van der Waals surface area contributed by atoms with Gasteiger partial charge in [-0.25, -0.2) is 0 Å². The normalized spacial score (nSPS) is 15.8. The maximum atomic E-state index is 12.1. The number of nitrogens with one attached hydrogen (secondary N) is 1. The van der Waals surface area contributed by atoms with Crippen LogP contribution < -0.4 is 5.32 Å². The lowest BCUT2D eigenvalue weighted by Gasteiger charge is -2.11. The van der Waals surface area contributed by atoms with Gasteiger partial charge in [-0.1, -0.05) is 12.1 Å². The minimum atomic E-state index is -4.85. The molecule has 0 radical (unpaired) electrons. The van der Waals surface area contributed by atoms with Crippen LogP contribution in [0, 0.1) is 6.92 Å². The highest BCUT2D eigenvalue weighted by atomic mass is 19.4. The Balaban J connectivity index is 2.19. The van der Waals surface area contributed by atoms with E-state index >= 15 is 0 Å². The Kier molecular flexibility index (Phi) is 2.85. The number of hydrogen-bond donors (Lipinski definition) is 1. The van der Waals surface area contributed by atoms with Crippen LogP contribution in [-0.2, 0) is 4.79 Å². The third-order valence-electron chi connectivity index (χ3n) is 2.82. The molecule has 1 aliphatic rings. The molecule has 1 aliphatic carbocycles. The molecule has 1 aromatic carbocycles. The zero-order chi connectivity index (χ0) is 12.6. The number of aryl methyl sites for hydroxylation is 1. The maximum Gasteiger partial charge on any atom is 0.471 e. The van der Waals surface area contributed by atoms with E-state index in [9.17, 15) is 18.0 Å². The number of alkyl halides is 3. The first-order valence-corrected chi connectivity index (χ1v) is 5.36. The Morgan fingerprint density at radius 1 is 1.35 bits per heavy atom. The molecule has 5 heteroatoms. The Bertz CT molecular complexity index is 450. The number of halogens is 3. The molecule has 0 aliphatic heterocycles. The van der Waals surface area contributed by atoms with Gasteiger partial charge in [-0.05, 0) is 42.9 Å². The molecule has 0 saturated heterocycles. The van der Waals surface area contributed by atoms with Crippen LogP contribution in [0.5, 0.6) is 0 Å². The molecule has 0 bridgehead atoms. The monoisotopic (exact) mass is 243 g/mol. The van der Waals surface area contributed by atoms with Crippen molar-refractivity contribution in [2.45, 2.75) is 31.9 Å². The van der Waals surface area contributed by atoms with E-state index in [0.717, 1.165) is 18.4 Å². The third-order valence-corrected chi connectivity index (χ3v) is 2.82. The lowest BCUT2D eigenvalue weighted by Crippen LogP contribution is -2.30. The first-order valence-electron chi connectivity index (χ1n) is 5.36. The molecule has 1 N–H and O–H groups in total. The van der Waals surface area contributed by atoms with Crippen molar-refractivity contribution in [3.05, 3.63) is 29.3 Å². The number of amides is 1. The molecule has 2 nitrogen and oxygen atoms in total. The smallest absolute Gasteiger partial charge is 0.318 e. The highest BCUT2D eigenvalue weighted by molar-refractivity contribution is 5.95. The summed E-state index contributed by atoms with van der Waals surface area (Å²) in [6, 6.07) is 5.27. The predicted octanol–water partition coefficient (Wildman–Crippen LogP) is 3.37. The van der Waals surface area contributed by atoms with Gasteiger partial charge in [0, 0.05) is 5.69 Å². The SMILES string of the molecule is Cc1ccc(C2CC2)cc1NC(=O)C(F)(F)F. The number of rotatable bonds is 2. The first-order chi connectivity index (χ1) is 7.88. The fraction of sp³-hybridized carbons (Fsp3) is 0.417. The Morgan fingerprint density at radius 3 is 2.53 bits per heavy atom. The van der Waals surface area contributed by atoms with E-state index in [0.29, 0.717) is 11.5 Å². The van der Waals surface area contributed by atoms with Crippen LogP contribution in [0.2, 0.25) is 0 Å². The zero-order valence-corrected chi connectivity index (χ0v) is 9.27. The van der Waals surface area contributed by atoms with E-state index in [1.54, 1.807) is 19.1 Å². The van der Waals surface area contributed by atoms with Crippen molar-refractivity contribution < 1.29 is 18.0 Å². The van der Waals surface area contributed by atoms with Gasteiger partial charge in [-0.15, -0.1) is 0 Å². The van der Waals surface area contributed by atoms with Gasteiger partial charge in [0.05, 0.1) is 0 Å². The number of carbonyl (C=O) groups excluding carboxylic acids is 1. The fourth-order valence-corrected chi connectivity index (χ4v) is 1.64. The third kappa shape index (κ3) is 2.78. The molecule has 1 amide bonds. The Hall–Kier alpha value is -1.52. The van der Waals surface area contributed by atoms with Gasteiger partial charge in [-0.2, -0.15) is 13.2 Å². The van der Waals surface area contributed by atoms with Crippen LogP contribution in [0.15, 0.2) is 18.2 Å². The molecule has 1 aromatic rings. The average molecular weight is 243 g/mol. The molecular formula is C12H12F3NO. The van der Waals surface area contributed by atoms with E-state index in [1.807, 2.05) is 11.4 Å². The highest BCUT2D eigenvalue weighted by Gasteiger charge is 2.39. The summed E-state index contributed by atoms with van der Waals surface area (Å²) in [6.07, 6.45) is -2.71. The molecule has 0 unspecified atom stereocenters. The van der Waals surface area contributed by atoms with Gasteiger partial charge >= 0.3 is 12.1 Å². The van der Waals surface area contributed by atoms with Crippen LogP contribution in [-0.4, -0.2) is 12.1 Å². The molecule has 0 atom stereocenters. The predicted molar refractivity (Wildman–Crippen MR) is 57.8 cm³/mol. The summed E-state index contributed by atoms with van der Waals surface area (Å²) in [5.74, 6) is -1.48. The summed E-state index contributed by atoms with van der Waals surface area (Å²) >= 11 is 0. The van der Waals surface area contributed by atoms with Crippen molar-refractivity contribution in [3.8, 4) is 0 Å². The summed E-state index contributed by atoms with van der Waals surface area (Å²) in [5.41, 5.74) is 1.87. The molecule has 17 heavy (non-hydrogen) atoms. The number of carbonyl (C=O) groups is 1. The van der Waals surface area contributed by atoms with Crippen molar-refractivity contribution in [3.63, 3.8) is 0 Å². The van der Waals surface area contributed by atoms with Crippen LogP contribution >= 0.6 is 0 Å². The van der Waals surface area contributed by atoms with Crippen molar-refractivity contribution in [1.82, 2.24) is 0 Å². The van der Waals surface area contributed by atoms with Gasteiger partial charge in [0.25, 0.3) is 0 Å². The second kappa shape index (κ2) is 4.05. The van der Waals surface area contributed by atoms with E-state index in [2.05, 4.69) is 0 Å². The van der Waals surface area contributed by atoms with E-state index < -0.39 is 12.1 Å². The maximum absolute atomic E-state index is 12.1. The standard InChI is InChI=1S/C12H12F3NO/c1-7-2-3-9(8-4-5-8)6-10(7)16-11(17)12(13,14)15/h2-3,6,8H,4-5H2,1H3,(H,16,17). The molecule has 0 heterocycles. The first kappa shape index (κ1) is 12.0. The zero-order valence-electron chi connectivity index (χ0n) is 9.27. The van der Waals surface area contributed by atoms with Crippen LogP contribution in [0.25, 0.3) is 0 Å². The van der Waals surface area contributed by atoms with Crippen LogP contribution in [0.4, 0.5) is 18.9 Å². The van der Waals surface area contributed by atoms with Crippen LogP contribution in [0.1, 0.15) is 29.9 Å². The number of benzene rings is 1. The minimum absolute atomic E-state index is 0.247. The summed E-state index contributed by atoms with van der Waals surface area (Å²) in [6.45, 7) is 1.67. The number of anilines is 1. The fourth-order valence-electron chi connectivity index (χ4n) is 1.64. The van der Waals surface area contributed by atoms with Crippen molar-refractivity contribution >= 4 is 11.6 Å². The summed E-state index contributed by atoms with van der Waals surface area (Å²) in [5, 5.41) is 1.91. The molecule has 2 rings (SSSR count). The van der Waals surface area contributed by atoms with Gasteiger partial charge in [0.15, 0.2) is 0 Å². The Morgan fingerprint density at radius 2 is 2.00 bits per heavy atom. The second-order valence-corrected chi connectivity index (χ2v) is 4.30. The van der Waals surface area contributed by atoms with Gasteiger partial charge in [0.2, 0.25) is 0 Å². The lowest BCUT2D eigenvalue weighted by molar-refractivity contribution is -0.167. The van der Waals surface area contributed by atoms with E-state index in [4.69, 9.17) is 0 Å². The van der Waals surface area contributed by atoms with Crippen LogP contribution in [0.3, 0.4) is 0 Å². The van der Waals surface area contributed by atoms with Gasteiger partial charge < -0.3 is 5.32 Å². The molecule has 1 saturated carbocycles. The summed E-state index contributed by atoms with van der Waals surface area (Å²) in [4.78, 5) is 10.8. The van der Waals surface area contributed by atoms with Crippen molar-refractivity contribution in [2.75, 3.05) is 5.32 Å². The number of hydrogen-bond acceptors (Lipinski definition) is 1. The van der Waals surface area contributed by atoms with E-state index in [1.165, 1.54) is 0 Å². The topological polar surface area (TPSA) is 29.1 Å². The largest absolute Gasteiger partial charge is 0.471 e. The molecule has 1 fully saturated rings. The van der Waals surface area contributed by atoms with E-state index in [-0.39, 0.29) is 5.69 Å². The lowest BCUT2D eigenvalue weighted by atomic mass is 10.1. The summed E-state index contributed by atoms with van der Waals surface area (Å²) in [7, 11) is 0. The average Bonchev–Trinajstić information content (AvgIpc) is 3.03.